The molecule has 1 aromatic heterocycles. The average Bonchev–Trinajstić information content (AvgIpc) is 2.63. The molecule has 2 N–H and O–H groups in total. The van der Waals surface area contributed by atoms with Gasteiger partial charge in [0.2, 0.25) is 5.82 Å². The standard InChI is InChI=1S/C18H22FN3O3SSi/c1-12-5-3-6-15(13(12)2)27-10-9-26-8-4-7-20-17(24)22-11-14(19)16(23)21-18(22)25/h3,5-6,11H,4,7-10H2,1-2H3,(H,20,24)(H,21,23,25). The van der Waals surface area contributed by atoms with Gasteiger partial charge >= 0.3 is 11.7 Å². The highest BCUT2D eigenvalue weighted by Gasteiger charge is 2.10. The number of nitrogens with one attached hydrogen (secondary N) is 2. The van der Waals surface area contributed by atoms with Gasteiger partial charge in [0.25, 0.3) is 5.56 Å². The number of H-pyrrole nitrogens is 1. The smallest absolute Gasteiger partial charge is 0.336 e. The van der Waals surface area contributed by atoms with Gasteiger partial charge in [-0.25, -0.2) is 14.2 Å². The Morgan fingerprint density at radius 1 is 1.30 bits per heavy atom. The molecule has 0 saturated heterocycles. The number of hydrogen-bond acceptors (Lipinski definition) is 4. The highest BCUT2D eigenvalue weighted by atomic mass is 32.2. The van der Waals surface area contributed by atoms with Gasteiger partial charge in [0.05, 0.1) is 15.7 Å². The first kappa shape index (κ1) is 21.2. The number of thioether (sulfide) groups is 1. The van der Waals surface area contributed by atoms with Crippen LogP contribution in [0.3, 0.4) is 0 Å². The molecule has 0 aliphatic carbocycles. The second-order valence-electron chi connectivity index (χ2n) is 5.98. The summed E-state index contributed by atoms with van der Waals surface area (Å²) in [6, 6.07) is 6.77. The summed E-state index contributed by atoms with van der Waals surface area (Å²) < 4.78 is 13.7. The number of carbonyl (C=O) groups excluding carboxylic acids is 1. The van der Waals surface area contributed by atoms with Gasteiger partial charge in [-0.2, -0.15) is 16.2 Å². The zero-order valence-corrected chi connectivity index (χ0v) is 17.1. The fourth-order valence-electron chi connectivity index (χ4n) is 2.36. The number of aromatic nitrogens is 2. The second-order valence-corrected chi connectivity index (χ2v) is 8.60. The van der Waals surface area contributed by atoms with Crippen molar-refractivity contribution in [1.82, 2.24) is 14.9 Å². The lowest BCUT2D eigenvalue weighted by Crippen LogP contribution is -2.41. The number of rotatable bonds is 8. The number of carbonyl (C=O) groups is 1. The minimum Gasteiger partial charge on any atom is -0.337 e. The number of amides is 1. The molecule has 6 nitrogen and oxygen atoms in total. The summed E-state index contributed by atoms with van der Waals surface area (Å²) in [6.07, 6.45) is 1.34. The first-order valence-corrected chi connectivity index (χ1v) is 10.9. The van der Waals surface area contributed by atoms with Crippen LogP contribution < -0.4 is 21.8 Å². The van der Waals surface area contributed by atoms with Crippen molar-refractivity contribution in [2.45, 2.75) is 26.3 Å². The van der Waals surface area contributed by atoms with Crippen LogP contribution in [0.15, 0.2) is 34.0 Å². The van der Waals surface area contributed by atoms with Crippen molar-refractivity contribution in [2.24, 2.45) is 0 Å². The lowest BCUT2D eigenvalue weighted by Gasteiger charge is -2.08. The van der Waals surface area contributed by atoms with Crippen LogP contribution in [0.2, 0.25) is 6.04 Å². The van der Waals surface area contributed by atoms with E-state index in [1.165, 1.54) is 16.3 Å². The van der Waals surface area contributed by atoms with Gasteiger partial charge in [-0.15, -0.1) is 0 Å². The Morgan fingerprint density at radius 2 is 2.07 bits per heavy atom. The molecule has 0 unspecified atom stereocenters. The minimum absolute atomic E-state index is 0.373. The number of halogens is 1. The quantitative estimate of drug-likeness (QED) is 0.512. The molecule has 2 rings (SSSR count). The van der Waals surface area contributed by atoms with Crippen molar-refractivity contribution in [3.05, 3.63) is 62.2 Å². The van der Waals surface area contributed by atoms with Crippen LogP contribution in [-0.2, 0) is 0 Å². The highest BCUT2D eigenvalue weighted by Crippen LogP contribution is 2.06. The summed E-state index contributed by atoms with van der Waals surface area (Å²) in [7, 11) is 0.792. The maximum atomic E-state index is 13.2. The molecule has 1 aromatic carbocycles. The molecule has 0 bridgehead atoms. The Labute approximate surface area is 163 Å². The summed E-state index contributed by atoms with van der Waals surface area (Å²) in [5.41, 5.74) is 0.602. The highest BCUT2D eigenvalue weighted by molar-refractivity contribution is 7.99. The molecule has 144 valence electrons. The van der Waals surface area contributed by atoms with E-state index in [1.807, 2.05) is 11.8 Å². The van der Waals surface area contributed by atoms with Gasteiger partial charge in [-0.05, 0) is 48.9 Å². The van der Waals surface area contributed by atoms with Crippen LogP contribution in [0.25, 0.3) is 0 Å². The van der Waals surface area contributed by atoms with Gasteiger partial charge in [0.15, 0.2) is 0 Å². The lowest BCUT2D eigenvalue weighted by molar-refractivity contribution is 0.240. The molecule has 1 amide bonds. The Bertz CT molecular complexity index is 913. The normalized spacial score (nSPS) is 10.8. The molecular weight excluding hydrogens is 385 g/mol. The van der Waals surface area contributed by atoms with Gasteiger partial charge in [-0.1, -0.05) is 23.4 Å². The number of hydrogen-bond donors (Lipinski definition) is 2. The summed E-state index contributed by atoms with van der Waals surface area (Å²) >= 11 is 1.82. The van der Waals surface area contributed by atoms with E-state index in [0.29, 0.717) is 17.3 Å². The van der Waals surface area contributed by atoms with Crippen molar-refractivity contribution in [2.75, 3.05) is 18.1 Å². The molecule has 0 aliphatic rings. The zero-order chi connectivity index (χ0) is 19.8. The Balaban J connectivity index is 1.63. The molecule has 27 heavy (non-hydrogen) atoms. The zero-order valence-electron chi connectivity index (χ0n) is 15.3. The van der Waals surface area contributed by atoms with Gasteiger partial charge in [-0.3, -0.25) is 9.78 Å². The molecule has 0 aliphatic heterocycles. The Kier molecular flexibility index (Phi) is 8.05. The summed E-state index contributed by atoms with van der Waals surface area (Å²) in [5, 5.41) is 3.96. The third-order valence-corrected chi connectivity index (χ3v) is 6.88. The minimum atomic E-state index is -1.18. The SMILES string of the molecule is Cc1cccc([Si]CCSCCCNC(=O)n2cc(F)c(=O)[nH]c2=O)c1C. The molecule has 0 spiro atoms. The molecule has 0 atom stereocenters. The van der Waals surface area contributed by atoms with E-state index in [4.69, 9.17) is 0 Å². The first-order valence-electron chi connectivity index (χ1n) is 8.57. The monoisotopic (exact) mass is 407 g/mol. The van der Waals surface area contributed by atoms with Crippen molar-refractivity contribution in [1.29, 1.82) is 0 Å². The second kappa shape index (κ2) is 10.3. The summed E-state index contributed by atoms with van der Waals surface area (Å²) in [4.78, 5) is 36.0. The van der Waals surface area contributed by atoms with Crippen LogP contribution in [0, 0.1) is 19.7 Å². The average molecular weight is 408 g/mol. The van der Waals surface area contributed by atoms with E-state index in [-0.39, 0.29) is 0 Å². The number of aromatic amines is 1. The van der Waals surface area contributed by atoms with Crippen molar-refractivity contribution in [3.63, 3.8) is 0 Å². The molecule has 2 radical (unpaired) electrons. The van der Waals surface area contributed by atoms with E-state index in [9.17, 15) is 18.8 Å². The maximum absolute atomic E-state index is 13.2. The molecule has 0 fully saturated rings. The Hall–Kier alpha value is -2.13. The third kappa shape index (κ3) is 6.21. The fraction of sp³-hybridized carbons (Fsp3) is 0.389. The predicted octanol–water partition coefficient (Wildman–Crippen LogP) is 1.42. The van der Waals surface area contributed by atoms with Crippen molar-refractivity contribution >= 4 is 32.5 Å². The van der Waals surface area contributed by atoms with Gasteiger partial charge < -0.3 is 5.32 Å². The molecular formula is C18H22FN3O3SSi. The fourth-order valence-corrected chi connectivity index (χ4v) is 4.84. The van der Waals surface area contributed by atoms with Crippen molar-refractivity contribution in [3.8, 4) is 0 Å². The van der Waals surface area contributed by atoms with E-state index in [2.05, 4.69) is 37.4 Å². The van der Waals surface area contributed by atoms with Crippen LogP contribution in [0.4, 0.5) is 9.18 Å². The van der Waals surface area contributed by atoms with Crippen LogP contribution in [-0.4, -0.2) is 43.2 Å². The topological polar surface area (TPSA) is 84.0 Å². The Morgan fingerprint density at radius 3 is 2.85 bits per heavy atom. The predicted molar refractivity (Wildman–Crippen MR) is 108 cm³/mol. The van der Waals surface area contributed by atoms with Crippen LogP contribution in [0.1, 0.15) is 17.5 Å². The van der Waals surface area contributed by atoms with E-state index >= 15 is 0 Å². The van der Waals surface area contributed by atoms with E-state index in [0.717, 1.165) is 33.5 Å². The van der Waals surface area contributed by atoms with Crippen LogP contribution >= 0.6 is 11.8 Å². The van der Waals surface area contributed by atoms with Gasteiger partial charge in [0, 0.05) is 6.54 Å². The van der Waals surface area contributed by atoms with E-state index < -0.39 is 23.1 Å². The maximum Gasteiger partial charge on any atom is 0.336 e. The molecule has 2 aromatic rings. The van der Waals surface area contributed by atoms with E-state index in [1.54, 1.807) is 4.98 Å². The molecule has 1 heterocycles. The molecule has 9 heteroatoms. The van der Waals surface area contributed by atoms with Crippen molar-refractivity contribution < 1.29 is 9.18 Å². The number of aryl methyl sites for hydroxylation is 1. The lowest BCUT2D eigenvalue weighted by atomic mass is 10.1. The molecule has 0 saturated carbocycles. The summed E-state index contributed by atoms with van der Waals surface area (Å²) in [5.74, 6) is 0.751. The van der Waals surface area contributed by atoms with Gasteiger partial charge in [0.1, 0.15) is 0 Å². The largest absolute Gasteiger partial charge is 0.337 e. The third-order valence-electron chi connectivity index (χ3n) is 4.03. The summed E-state index contributed by atoms with van der Waals surface area (Å²) in [6.45, 7) is 4.66. The number of nitrogens with zero attached hydrogens (tertiary/aromatic N) is 1. The first-order chi connectivity index (χ1) is 12.9. The number of benzene rings is 1. The van der Waals surface area contributed by atoms with Crippen LogP contribution in [0.5, 0.6) is 0 Å².